The molecule has 0 aliphatic heterocycles. The number of hydrogen-bond donors (Lipinski definition) is 6. The number of amides is 4. The molecular weight excluding hydrogens is 881 g/mol. The zero-order chi connectivity index (χ0) is 44.6. The smallest absolute Gasteiger partial charge is 0.356 e. The van der Waals surface area contributed by atoms with E-state index in [1.807, 2.05) is 13.0 Å². The van der Waals surface area contributed by atoms with E-state index in [0.717, 1.165) is 86.3 Å². The molecule has 22 heteroatoms. The summed E-state index contributed by atoms with van der Waals surface area (Å²) >= 11 is 2.74. The first kappa shape index (κ1) is 45.4. The fraction of sp³-hybridized carbons (Fsp3) is 0.300. The molecule has 4 aromatic heterocycles. The molecule has 0 unspecified atom stereocenters. The summed E-state index contributed by atoms with van der Waals surface area (Å²) in [6, 6.07) is 12.4. The van der Waals surface area contributed by atoms with Gasteiger partial charge in [-0.2, -0.15) is 0 Å². The molecule has 6 N–H and O–H groups in total. The number of pyridine rings is 2. The number of aromatic carboxylic acids is 2. The molecule has 1 aromatic carbocycles. The topological polar surface area (TPSA) is 277 Å². The Morgan fingerprint density at radius 2 is 1.27 bits per heavy atom. The highest BCUT2D eigenvalue weighted by Crippen LogP contribution is 2.37. The first-order chi connectivity index (χ1) is 29.6. The maximum atomic E-state index is 13.0. The van der Waals surface area contributed by atoms with Gasteiger partial charge in [-0.3, -0.25) is 25.5 Å². The number of carboxylic acid groups (broad SMARTS) is 2. The number of aromatic nitrogens is 4. The summed E-state index contributed by atoms with van der Waals surface area (Å²) in [7, 11) is -3.83. The molecule has 2 saturated carbocycles. The predicted octanol–water partition coefficient (Wildman–Crippen LogP) is 8.37. The maximum Gasteiger partial charge on any atom is 0.356 e. The molecule has 0 radical (unpaired) electrons. The minimum absolute atomic E-state index is 0.0151. The molecule has 5 aromatic rings. The van der Waals surface area contributed by atoms with Gasteiger partial charge in [0, 0.05) is 36.0 Å². The van der Waals surface area contributed by atoms with Gasteiger partial charge in [0.25, 0.3) is 0 Å². The molecule has 62 heavy (non-hydrogen) atoms. The summed E-state index contributed by atoms with van der Waals surface area (Å²) in [5.74, 6) is -2.81. The molecule has 2 aliphatic carbocycles. The number of rotatable bonds is 13. The van der Waals surface area contributed by atoms with E-state index < -0.39 is 43.7 Å². The molecule has 18 nitrogen and oxygen atoms in total. The van der Waals surface area contributed by atoms with Crippen molar-refractivity contribution in [1.29, 1.82) is 0 Å². The quantitative estimate of drug-likeness (QED) is 0.0605. The Bertz CT molecular complexity index is 2620. The Labute approximate surface area is 367 Å². The third-order valence-corrected chi connectivity index (χ3v) is 14.5. The zero-order valence-corrected chi connectivity index (χ0v) is 36.4. The highest BCUT2D eigenvalue weighted by Gasteiger charge is 2.29. The lowest BCUT2D eigenvalue weighted by atomic mass is 9.94. The molecule has 0 saturated heterocycles. The summed E-state index contributed by atoms with van der Waals surface area (Å²) < 4.78 is 23.4. The molecule has 2 aliphatic rings. The summed E-state index contributed by atoms with van der Waals surface area (Å²) in [4.78, 5) is 89.5. The number of nitrogens with one attached hydrogen (secondary N) is 4. The van der Waals surface area contributed by atoms with Gasteiger partial charge in [-0.25, -0.2) is 47.5 Å². The number of carboxylic acids is 2. The van der Waals surface area contributed by atoms with E-state index in [9.17, 15) is 42.3 Å². The summed E-state index contributed by atoms with van der Waals surface area (Å²) in [5, 5.41) is 29.2. The summed E-state index contributed by atoms with van der Waals surface area (Å²) in [5.41, 5.74) is 1.32. The van der Waals surface area contributed by atoms with Gasteiger partial charge in [0.1, 0.15) is 15.1 Å². The number of carbonyl (C=O) groups excluding carboxylic acids is 4. The third kappa shape index (κ3) is 11.6. The normalized spacial score (nSPS) is 14.0. The number of nitrogens with zero attached hydrogens (tertiary/aromatic N) is 4. The monoisotopic (exact) mass is 920 g/mol. The van der Waals surface area contributed by atoms with Crippen LogP contribution in [0, 0.1) is 18.8 Å². The molecule has 0 bridgehead atoms. The van der Waals surface area contributed by atoms with Crippen molar-refractivity contribution in [2.75, 3.05) is 27.5 Å². The van der Waals surface area contributed by atoms with Crippen LogP contribution in [0.1, 0.15) is 98.6 Å². The largest absolute Gasteiger partial charge is 0.476 e. The van der Waals surface area contributed by atoms with Crippen molar-refractivity contribution in [1.82, 2.24) is 19.9 Å². The van der Waals surface area contributed by atoms with E-state index >= 15 is 0 Å². The van der Waals surface area contributed by atoms with E-state index in [0.29, 0.717) is 31.8 Å². The van der Waals surface area contributed by atoms with Gasteiger partial charge in [0.05, 0.1) is 11.3 Å². The van der Waals surface area contributed by atoms with Crippen LogP contribution < -0.4 is 21.3 Å². The van der Waals surface area contributed by atoms with E-state index in [2.05, 4.69) is 41.2 Å². The average Bonchev–Trinajstić information content (AvgIpc) is 4.07. The number of benzene rings is 1. The molecule has 4 heterocycles. The van der Waals surface area contributed by atoms with Crippen molar-refractivity contribution in [3.05, 3.63) is 89.0 Å². The lowest BCUT2D eigenvalue weighted by molar-refractivity contribution is 0.0677. The Kier molecular flexibility index (Phi) is 14.8. The van der Waals surface area contributed by atoms with Crippen molar-refractivity contribution in [3.8, 4) is 0 Å². The second-order valence-electron chi connectivity index (χ2n) is 14.3. The first-order valence-electron chi connectivity index (χ1n) is 19.1. The van der Waals surface area contributed by atoms with Crippen LogP contribution in [-0.2, 0) is 9.84 Å². The molecule has 2 fully saturated rings. The zero-order valence-electron chi connectivity index (χ0n) is 33.2. The van der Waals surface area contributed by atoms with Crippen LogP contribution in [0.15, 0.2) is 74.4 Å². The van der Waals surface area contributed by atoms with Gasteiger partial charge in [-0.15, -0.1) is 0 Å². The lowest BCUT2D eigenvalue weighted by Crippen LogP contribution is -2.23. The van der Waals surface area contributed by atoms with Crippen molar-refractivity contribution >= 4 is 102 Å². The number of carbonyl (C=O) groups is 6. The first-order valence-corrected chi connectivity index (χ1v) is 23.5. The summed E-state index contributed by atoms with van der Waals surface area (Å²) in [6.07, 6.45) is 11.3. The van der Waals surface area contributed by atoms with E-state index in [-0.39, 0.29) is 50.7 Å². The molecule has 4 amide bonds. The molecular formula is C40H40N8O10S4. The SMILES string of the molecule is CS(=O)(=O)c1sc(NC(=O)Nc2ncccc2C(=O)C2CCCC2)nc1C(=O)O.Cc1ccc(NC(=O)Nc2nc(C(=O)O)c(Sc3ccccn3)s2)c(C(=O)C2CCCC2)c1. The van der Waals surface area contributed by atoms with Crippen LogP contribution in [-0.4, -0.2) is 80.4 Å². The van der Waals surface area contributed by atoms with Crippen LogP contribution in [0.4, 0.5) is 31.4 Å². The number of Topliss-reactive ketones (excluding diaryl/α,β-unsaturated/α-hetero) is 2. The van der Waals surface area contributed by atoms with Crippen LogP contribution in [0.3, 0.4) is 0 Å². The maximum absolute atomic E-state index is 13.0. The van der Waals surface area contributed by atoms with E-state index in [1.54, 1.807) is 48.7 Å². The third-order valence-electron chi connectivity index (χ3n) is 9.66. The minimum Gasteiger partial charge on any atom is -0.476 e. The van der Waals surface area contributed by atoms with Gasteiger partial charge in [-0.05, 0) is 69.0 Å². The number of ketones is 2. The van der Waals surface area contributed by atoms with Gasteiger partial charge in [-0.1, -0.05) is 77.8 Å². The predicted molar refractivity (Wildman–Crippen MR) is 233 cm³/mol. The number of aryl methyl sites for hydroxylation is 1. The van der Waals surface area contributed by atoms with Crippen LogP contribution in [0.25, 0.3) is 0 Å². The number of urea groups is 2. The number of thiazole rings is 2. The fourth-order valence-electron chi connectivity index (χ4n) is 6.79. The van der Waals surface area contributed by atoms with Gasteiger partial charge < -0.3 is 15.5 Å². The second kappa shape index (κ2) is 20.2. The van der Waals surface area contributed by atoms with Crippen molar-refractivity contribution in [3.63, 3.8) is 0 Å². The van der Waals surface area contributed by atoms with Crippen molar-refractivity contribution in [2.24, 2.45) is 11.8 Å². The molecule has 7 rings (SSSR count). The molecule has 0 atom stereocenters. The fourth-order valence-corrected chi connectivity index (χ4v) is 10.8. The van der Waals surface area contributed by atoms with Gasteiger partial charge in [0.15, 0.2) is 47.3 Å². The Morgan fingerprint density at radius 1 is 0.694 bits per heavy atom. The lowest BCUT2D eigenvalue weighted by Gasteiger charge is -2.14. The Hall–Kier alpha value is -6.10. The van der Waals surface area contributed by atoms with Gasteiger partial charge in [0.2, 0.25) is 0 Å². The number of anilines is 4. The van der Waals surface area contributed by atoms with Crippen LogP contribution in [0.5, 0.6) is 0 Å². The molecule has 0 spiro atoms. The number of hydrogen-bond acceptors (Lipinski definition) is 15. The standard InChI is InChI=1S/C23H22N4O4S2.C17H18N4O6S2/c1-13-9-10-16(15(12-13)19(28)14-6-2-3-7-14)25-22(31)27-23-26-18(20(29)30)21(33-23)32-17-8-4-5-11-24-17;1-29(26,27)15-11(14(23)24)19-17(28-15)21-16(25)20-13-10(7-4-8-18-13)12(22)9-5-2-3-6-9/h4-5,8-12,14H,2-3,6-7H2,1H3,(H,29,30)(H2,25,26,27,31);4,7-9H,2-3,5-6H2,1H3,(H,23,24)(H2,18,19,20,21,25). The molecule has 324 valence electrons. The number of sulfone groups is 1. The Balaban J connectivity index is 0.000000209. The van der Waals surface area contributed by atoms with Crippen molar-refractivity contribution in [2.45, 2.75) is 71.7 Å². The van der Waals surface area contributed by atoms with Crippen LogP contribution in [0.2, 0.25) is 0 Å². The van der Waals surface area contributed by atoms with Gasteiger partial charge >= 0.3 is 24.0 Å². The average molecular weight is 921 g/mol. The van der Waals surface area contributed by atoms with E-state index in [1.165, 1.54) is 6.20 Å². The minimum atomic E-state index is -3.83. The Morgan fingerprint density at radius 3 is 1.85 bits per heavy atom. The van der Waals surface area contributed by atoms with Crippen LogP contribution >= 0.6 is 34.4 Å². The highest BCUT2D eigenvalue weighted by molar-refractivity contribution is 8.01. The van der Waals surface area contributed by atoms with Crippen molar-refractivity contribution < 1.29 is 47.4 Å². The highest BCUT2D eigenvalue weighted by atomic mass is 32.2. The second-order valence-corrected chi connectivity index (χ2v) is 19.8. The van der Waals surface area contributed by atoms with E-state index in [4.69, 9.17) is 5.11 Å². The summed E-state index contributed by atoms with van der Waals surface area (Å²) in [6.45, 7) is 1.90.